The van der Waals surface area contributed by atoms with Crippen LogP contribution in [0.25, 0.3) is 0 Å². The molecule has 0 spiro atoms. The fraction of sp³-hybridized carbons (Fsp3) is 0.600. The van der Waals surface area contributed by atoms with E-state index >= 15 is 0 Å². The number of nitrogens with zero attached hydrogens (tertiary/aromatic N) is 1. The lowest BCUT2D eigenvalue weighted by Gasteiger charge is -2.23. The van der Waals surface area contributed by atoms with Crippen LogP contribution in [0.4, 0.5) is 0 Å². The molecule has 1 fully saturated rings. The van der Waals surface area contributed by atoms with E-state index in [1.807, 2.05) is 12.2 Å². The molecule has 0 radical (unpaired) electrons. The normalized spacial score (nSPS) is 27.6. The Morgan fingerprint density at radius 3 is 2.57 bits per heavy atom. The monoisotopic (exact) mass is 195 g/mol. The minimum Gasteiger partial charge on any atom is -0.481 e. The number of hydrogen-bond acceptors (Lipinski definition) is 2. The van der Waals surface area contributed by atoms with Gasteiger partial charge in [-0.15, -0.1) is 0 Å². The van der Waals surface area contributed by atoms with Crippen LogP contribution in [-0.4, -0.2) is 34.5 Å². The molecule has 1 aliphatic heterocycles. The van der Waals surface area contributed by atoms with Gasteiger partial charge < -0.3 is 10.0 Å². The Kier molecular flexibility index (Phi) is 2.27. The molecule has 4 heteroatoms. The highest BCUT2D eigenvalue weighted by molar-refractivity contribution is 5.86. The number of carboxylic acids is 1. The summed E-state index contributed by atoms with van der Waals surface area (Å²) in [6.45, 7) is 0.389. The zero-order valence-corrected chi connectivity index (χ0v) is 7.85. The standard InChI is InChI=1S/C10H13NO3/c12-9-5-7(10(13)14)6-11(9)8-3-1-2-4-8/h1-2,7-8H,3-6H2,(H,13,14). The van der Waals surface area contributed by atoms with Crippen LogP contribution in [0.5, 0.6) is 0 Å². The van der Waals surface area contributed by atoms with Gasteiger partial charge in [-0.3, -0.25) is 9.59 Å². The average molecular weight is 195 g/mol. The Hall–Kier alpha value is -1.32. The summed E-state index contributed by atoms with van der Waals surface area (Å²) in [5.41, 5.74) is 0. The maximum Gasteiger partial charge on any atom is 0.308 e. The Balaban J connectivity index is 2.00. The number of carbonyl (C=O) groups is 2. The fourth-order valence-corrected chi connectivity index (χ4v) is 2.11. The van der Waals surface area contributed by atoms with Crippen molar-refractivity contribution in [2.45, 2.75) is 25.3 Å². The zero-order valence-electron chi connectivity index (χ0n) is 7.85. The largest absolute Gasteiger partial charge is 0.481 e. The van der Waals surface area contributed by atoms with Gasteiger partial charge >= 0.3 is 5.97 Å². The summed E-state index contributed by atoms with van der Waals surface area (Å²) in [7, 11) is 0. The second-order valence-corrected chi connectivity index (χ2v) is 3.88. The molecule has 1 unspecified atom stereocenters. The van der Waals surface area contributed by atoms with Gasteiger partial charge in [-0.1, -0.05) is 12.2 Å². The molecule has 0 aromatic rings. The van der Waals surface area contributed by atoms with E-state index in [0.29, 0.717) is 6.54 Å². The molecule has 4 nitrogen and oxygen atoms in total. The zero-order chi connectivity index (χ0) is 10.1. The highest BCUT2D eigenvalue weighted by Crippen LogP contribution is 2.26. The Morgan fingerprint density at radius 2 is 2.07 bits per heavy atom. The molecule has 0 aromatic heterocycles. The van der Waals surface area contributed by atoms with Gasteiger partial charge in [0.15, 0.2) is 0 Å². The molecule has 0 aromatic carbocycles. The maximum absolute atomic E-state index is 11.5. The summed E-state index contributed by atoms with van der Waals surface area (Å²) in [4.78, 5) is 23.9. The molecule has 14 heavy (non-hydrogen) atoms. The number of rotatable bonds is 2. The summed E-state index contributed by atoms with van der Waals surface area (Å²) < 4.78 is 0. The molecule has 1 atom stereocenters. The van der Waals surface area contributed by atoms with Crippen molar-refractivity contribution < 1.29 is 14.7 Å². The van der Waals surface area contributed by atoms with Gasteiger partial charge in [0.25, 0.3) is 0 Å². The van der Waals surface area contributed by atoms with E-state index in [-0.39, 0.29) is 18.4 Å². The summed E-state index contributed by atoms with van der Waals surface area (Å²) >= 11 is 0. The quantitative estimate of drug-likeness (QED) is 0.658. The van der Waals surface area contributed by atoms with E-state index in [2.05, 4.69) is 0 Å². The lowest BCUT2D eigenvalue weighted by atomic mass is 10.1. The van der Waals surface area contributed by atoms with Crippen LogP contribution in [0.1, 0.15) is 19.3 Å². The summed E-state index contributed by atoms with van der Waals surface area (Å²) in [5, 5.41) is 8.80. The lowest BCUT2D eigenvalue weighted by Crippen LogP contribution is -2.35. The summed E-state index contributed by atoms with van der Waals surface area (Å²) in [6.07, 6.45) is 6.01. The molecule has 2 aliphatic rings. The van der Waals surface area contributed by atoms with Gasteiger partial charge in [-0.05, 0) is 12.8 Å². The van der Waals surface area contributed by atoms with Crippen LogP contribution in [0.2, 0.25) is 0 Å². The van der Waals surface area contributed by atoms with Crippen LogP contribution in [0.15, 0.2) is 12.2 Å². The number of hydrogen-bond donors (Lipinski definition) is 1. The average Bonchev–Trinajstić information content (AvgIpc) is 2.71. The maximum atomic E-state index is 11.5. The number of aliphatic carboxylic acids is 1. The predicted octanol–water partition coefficient (Wildman–Crippen LogP) is 0.638. The first kappa shape index (κ1) is 9.24. The van der Waals surface area contributed by atoms with Gasteiger partial charge in [0.1, 0.15) is 0 Å². The smallest absolute Gasteiger partial charge is 0.308 e. The first-order chi connectivity index (χ1) is 6.68. The minimum absolute atomic E-state index is 0.00824. The Bertz CT molecular complexity index is 290. The lowest BCUT2D eigenvalue weighted by molar-refractivity contribution is -0.141. The van der Waals surface area contributed by atoms with Gasteiger partial charge in [0.2, 0.25) is 5.91 Å². The second-order valence-electron chi connectivity index (χ2n) is 3.88. The van der Waals surface area contributed by atoms with Crippen molar-refractivity contribution in [3.63, 3.8) is 0 Å². The number of likely N-dealkylation sites (tertiary alicyclic amines) is 1. The van der Waals surface area contributed by atoms with Gasteiger partial charge in [-0.2, -0.15) is 0 Å². The van der Waals surface area contributed by atoms with E-state index in [4.69, 9.17) is 5.11 Å². The van der Waals surface area contributed by atoms with Crippen molar-refractivity contribution in [3.05, 3.63) is 12.2 Å². The highest BCUT2D eigenvalue weighted by Gasteiger charge is 2.37. The SMILES string of the molecule is O=C(O)C1CC(=O)N(C2CC=CC2)C1. The third-order valence-electron chi connectivity index (χ3n) is 2.93. The summed E-state index contributed by atoms with van der Waals surface area (Å²) in [6, 6.07) is 0.215. The molecule has 2 rings (SSSR count). The third-order valence-corrected chi connectivity index (χ3v) is 2.93. The third kappa shape index (κ3) is 1.52. The molecular weight excluding hydrogens is 182 g/mol. The Labute approximate surface area is 82.2 Å². The summed E-state index contributed by atoms with van der Waals surface area (Å²) in [5.74, 6) is -1.36. The van der Waals surface area contributed by atoms with Crippen molar-refractivity contribution in [3.8, 4) is 0 Å². The molecule has 1 amide bonds. The second kappa shape index (κ2) is 3.44. The van der Waals surface area contributed by atoms with E-state index in [1.165, 1.54) is 0 Å². The van der Waals surface area contributed by atoms with Crippen LogP contribution in [-0.2, 0) is 9.59 Å². The molecule has 1 saturated heterocycles. The fourth-order valence-electron chi connectivity index (χ4n) is 2.11. The van der Waals surface area contributed by atoms with Crippen LogP contribution < -0.4 is 0 Å². The van der Waals surface area contributed by atoms with Crippen molar-refractivity contribution in [2.75, 3.05) is 6.54 Å². The van der Waals surface area contributed by atoms with Crippen LogP contribution >= 0.6 is 0 Å². The van der Waals surface area contributed by atoms with E-state index < -0.39 is 11.9 Å². The van der Waals surface area contributed by atoms with E-state index in [0.717, 1.165) is 12.8 Å². The van der Waals surface area contributed by atoms with Crippen LogP contribution in [0.3, 0.4) is 0 Å². The first-order valence-corrected chi connectivity index (χ1v) is 4.85. The molecule has 0 bridgehead atoms. The molecule has 1 heterocycles. The van der Waals surface area contributed by atoms with Gasteiger partial charge in [-0.25, -0.2) is 0 Å². The van der Waals surface area contributed by atoms with Gasteiger partial charge in [0.05, 0.1) is 5.92 Å². The van der Waals surface area contributed by atoms with Crippen molar-refractivity contribution in [1.82, 2.24) is 4.90 Å². The highest BCUT2D eigenvalue weighted by atomic mass is 16.4. The number of amides is 1. The van der Waals surface area contributed by atoms with E-state index in [9.17, 15) is 9.59 Å². The van der Waals surface area contributed by atoms with Crippen LogP contribution in [0, 0.1) is 5.92 Å². The number of carbonyl (C=O) groups excluding carboxylic acids is 1. The first-order valence-electron chi connectivity index (χ1n) is 4.85. The molecule has 76 valence electrons. The molecule has 0 saturated carbocycles. The van der Waals surface area contributed by atoms with Crippen molar-refractivity contribution in [1.29, 1.82) is 0 Å². The van der Waals surface area contributed by atoms with Crippen molar-refractivity contribution in [2.24, 2.45) is 5.92 Å². The molecule has 1 N–H and O–H groups in total. The van der Waals surface area contributed by atoms with Crippen molar-refractivity contribution >= 4 is 11.9 Å². The van der Waals surface area contributed by atoms with E-state index in [1.54, 1.807) is 4.90 Å². The number of carboxylic acid groups (broad SMARTS) is 1. The Morgan fingerprint density at radius 1 is 1.43 bits per heavy atom. The van der Waals surface area contributed by atoms with Gasteiger partial charge in [0, 0.05) is 19.0 Å². The topological polar surface area (TPSA) is 57.6 Å². The molecule has 1 aliphatic carbocycles. The molecular formula is C10H13NO3. The minimum atomic E-state index is -0.855. The predicted molar refractivity (Wildman–Crippen MR) is 49.6 cm³/mol.